The van der Waals surface area contributed by atoms with Crippen LogP contribution in [-0.2, 0) is 4.79 Å². The Labute approximate surface area is 125 Å². The summed E-state index contributed by atoms with van der Waals surface area (Å²) in [5.74, 6) is -0.394. The van der Waals surface area contributed by atoms with Gasteiger partial charge in [0, 0.05) is 11.5 Å². The molecule has 0 aliphatic heterocycles. The maximum absolute atomic E-state index is 12.3. The van der Waals surface area contributed by atoms with E-state index in [0.29, 0.717) is 5.56 Å². The van der Waals surface area contributed by atoms with Crippen molar-refractivity contribution in [1.82, 2.24) is 5.32 Å². The van der Waals surface area contributed by atoms with Gasteiger partial charge in [-0.05, 0) is 24.6 Å². The molecular formula is C18H19NO2. The summed E-state index contributed by atoms with van der Waals surface area (Å²) < 4.78 is 0. The lowest BCUT2D eigenvalue weighted by Crippen LogP contribution is -2.35. The van der Waals surface area contributed by atoms with Gasteiger partial charge >= 0.3 is 0 Å². The number of rotatable bonds is 5. The number of hydrogen-bond acceptors (Lipinski definition) is 2. The first kappa shape index (κ1) is 15.0. The first-order valence-corrected chi connectivity index (χ1v) is 7.01. The molecule has 0 saturated heterocycles. The van der Waals surface area contributed by atoms with Crippen LogP contribution in [0.15, 0.2) is 60.7 Å². The standard InChI is InChI=1S/C18H19NO2/c1-13(14(2)20)17(15-9-5-3-6-10-15)19-18(21)16-11-7-4-8-12-16/h3-13,17H,1-2H3,(H,19,21)/t13-,17+/m0/s1. The highest BCUT2D eigenvalue weighted by Gasteiger charge is 2.24. The molecule has 0 fully saturated rings. The van der Waals surface area contributed by atoms with E-state index in [1.807, 2.05) is 55.5 Å². The van der Waals surface area contributed by atoms with Crippen LogP contribution in [0.1, 0.15) is 35.8 Å². The molecule has 0 saturated carbocycles. The minimum atomic E-state index is -0.323. The average molecular weight is 281 g/mol. The largest absolute Gasteiger partial charge is 0.345 e. The second kappa shape index (κ2) is 6.84. The number of ketones is 1. The van der Waals surface area contributed by atoms with Crippen molar-refractivity contribution in [3.8, 4) is 0 Å². The number of amides is 1. The highest BCUT2D eigenvalue weighted by Crippen LogP contribution is 2.23. The molecule has 2 atom stereocenters. The SMILES string of the molecule is CC(=O)[C@H](C)[C@@H](NC(=O)c1ccccc1)c1ccccc1. The molecule has 0 aliphatic rings. The fraction of sp³-hybridized carbons (Fsp3) is 0.222. The van der Waals surface area contributed by atoms with Crippen molar-refractivity contribution in [2.75, 3.05) is 0 Å². The summed E-state index contributed by atoms with van der Waals surface area (Å²) in [6.07, 6.45) is 0. The zero-order valence-electron chi connectivity index (χ0n) is 12.2. The van der Waals surface area contributed by atoms with Gasteiger partial charge in [0.25, 0.3) is 5.91 Å². The number of nitrogens with one attached hydrogen (secondary N) is 1. The Bertz CT molecular complexity index is 608. The van der Waals surface area contributed by atoms with E-state index in [0.717, 1.165) is 5.56 Å². The van der Waals surface area contributed by atoms with E-state index >= 15 is 0 Å². The molecule has 0 radical (unpaired) electrons. The molecule has 1 N–H and O–H groups in total. The molecule has 0 heterocycles. The Morgan fingerprint density at radius 1 is 0.905 bits per heavy atom. The van der Waals surface area contributed by atoms with Crippen molar-refractivity contribution >= 4 is 11.7 Å². The summed E-state index contributed by atoms with van der Waals surface area (Å²) in [6, 6.07) is 18.3. The van der Waals surface area contributed by atoms with Crippen LogP contribution in [0.3, 0.4) is 0 Å². The van der Waals surface area contributed by atoms with Crippen LogP contribution in [-0.4, -0.2) is 11.7 Å². The third kappa shape index (κ3) is 3.78. The van der Waals surface area contributed by atoms with Gasteiger partial charge in [-0.15, -0.1) is 0 Å². The Kier molecular flexibility index (Phi) is 4.88. The fourth-order valence-electron chi connectivity index (χ4n) is 2.21. The topological polar surface area (TPSA) is 46.2 Å². The summed E-state index contributed by atoms with van der Waals surface area (Å²) in [4.78, 5) is 24.1. The Morgan fingerprint density at radius 3 is 1.95 bits per heavy atom. The van der Waals surface area contributed by atoms with Crippen LogP contribution in [0.25, 0.3) is 0 Å². The van der Waals surface area contributed by atoms with E-state index in [-0.39, 0.29) is 23.7 Å². The minimum Gasteiger partial charge on any atom is -0.345 e. The molecule has 2 aromatic carbocycles. The van der Waals surface area contributed by atoms with Gasteiger partial charge < -0.3 is 5.32 Å². The Balaban J connectivity index is 2.25. The molecule has 2 rings (SSSR count). The highest BCUT2D eigenvalue weighted by molar-refractivity contribution is 5.94. The van der Waals surface area contributed by atoms with Gasteiger partial charge in [-0.25, -0.2) is 0 Å². The third-order valence-corrected chi connectivity index (χ3v) is 3.62. The molecule has 0 spiro atoms. The van der Waals surface area contributed by atoms with E-state index < -0.39 is 0 Å². The predicted octanol–water partition coefficient (Wildman–Crippen LogP) is 3.38. The lowest BCUT2D eigenvalue weighted by molar-refractivity contribution is -0.121. The van der Waals surface area contributed by atoms with Crippen LogP contribution < -0.4 is 5.32 Å². The molecule has 0 bridgehead atoms. The zero-order valence-corrected chi connectivity index (χ0v) is 12.2. The summed E-state index contributed by atoms with van der Waals surface area (Å²) in [5, 5.41) is 2.97. The second-order valence-corrected chi connectivity index (χ2v) is 5.13. The van der Waals surface area contributed by atoms with Crippen molar-refractivity contribution in [2.45, 2.75) is 19.9 Å². The first-order chi connectivity index (χ1) is 10.1. The van der Waals surface area contributed by atoms with E-state index in [1.54, 1.807) is 19.1 Å². The van der Waals surface area contributed by atoms with Crippen LogP contribution >= 0.6 is 0 Å². The molecule has 3 heteroatoms. The quantitative estimate of drug-likeness (QED) is 0.913. The van der Waals surface area contributed by atoms with E-state index in [1.165, 1.54) is 0 Å². The molecule has 108 valence electrons. The highest BCUT2D eigenvalue weighted by atomic mass is 16.2. The van der Waals surface area contributed by atoms with E-state index in [2.05, 4.69) is 5.32 Å². The molecule has 21 heavy (non-hydrogen) atoms. The molecule has 0 unspecified atom stereocenters. The van der Waals surface area contributed by atoms with Crippen molar-refractivity contribution in [3.63, 3.8) is 0 Å². The molecule has 1 amide bonds. The smallest absolute Gasteiger partial charge is 0.251 e. The Morgan fingerprint density at radius 2 is 1.43 bits per heavy atom. The van der Waals surface area contributed by atoms with Crippen LogP contribution in [0.4, 0.5) is 0 Å². The zero-order chi connectivity index (χ0) is 15.2. The van der Waals surface area contributed by atoms with E-state index in [9.17, 15) is 9.59 Å². The van der Waals surface area contributed by atoms with Gasteiger partial charge in [0.2, 0.25) is 0 Å². The number of hydrogen-bond donors (Lipinski definition) is 1. The van der Waals surface area contributed by atoms with Crippen molar-refractivity contribution in [1.29, 1.82) is 0 Å². The second-order valence-electron chi connectivity index (χ2n) is 5.13. The molecule has 0 aliphatic carbocycles. The summed E-state index contributed by atoms with van der Waals surface area (Å²) >= 11 is 0. The average Bonchev–Trinajstić information content (AvgIpc) is 2.53. The van der Waals surface area contributed by atoms with Crippen molar-refractivity contribution in [2.24, 2.45) is 5.92 Å². The van der Waals surface area contributed by atoms with Crippen molar-refractivity contribution < 1.29 is 9.59 Å². The lowest BCUT2D eigenvalue weighted by atomic mass is 9.91. The van der Waals surface area contributed by atoms with Crippen LogP contribution in [0, 0.1) is 5.92 Å². The molecule has 2 aromatic rings. The van der Waals surface area contributed by atoms with Crippen LogP contribution in [0.5, 0.6) is 0 Å². The molecule has 3 nitrogen and oxygen atoms in total. The lowest BCUT2D eigenvalue weighted by Gasteiger charge is -2.24. The number of benzene rings is 2. The van der Waals surface area contributed by atoms with Gasteiger partial charge in [-0.1, -0.05) is 55.5 Å². The first-order valence-electron chi connectivity index (χ1n) is 7.01. The summed E-state index contributed by atoms with van der Waals surface area (Å²) in [7, 11) is 0. The van der Waals surface area contributed by atoms with Gasteiger partial charge in [0.15, 0.2) is 0 Å². The maximum Gasteiger partial charge on any atom is 0.251 e. The fourth-order valence-corrected chi connectivity index (χ4v) is 2.21. The number of carbonyl (C=O) groups is 2. The monoisotopic (exact) mass is 281 g/mol. The predicted molar refractivity (Wildman–Crippen MR) is 82.9 cm³/mol. The maximum atomic E-state index is 12.3. The number of Topliss-reactive ketones (excluding diaryl/α,β-unsaturated/α-hetero) is 1. The summed E-state index contributed by atoms with van der Waals surface area (Å²) in [6.45, 7) is 3.39. The van der Waals surface area contributed by atoms with Gasteiger partial charge in [-0.2, -0.15) is 0 Å². The van der Waals surface area contributed by atoms with Gasteiger partial charge in [0.1, 0.15) is 5.78 Å². The molecular weight excluding hydrogens is 262 g/mol. The van der Waals surface area contributed by atoms with Crippen molar-refractivity contribution in [3.05, 3.63) is 71.8 Å². The van der Waals surface area contributed by atoms with Crippen LogP contribution in [0.2, 0.25) is 0 Å². The van der Waals surface area contributed by atoms with E-state index in [4.69, 9.17) is 0 Å². The third-order valence-electron chi connectivity index (χ3n) is 3.62. The number of carbonyl (C=O) groups excluding carboxylic acids is 2. The Hall–Kier alpha value is -2.42. The normalized spacial score (nSPS) is 13.2. The minimum absolute atomic E-state index is 0.0530. The van der Waals surface area contributed by atoms with Gasteiger partial charge in [0.05, 0.1) is 6.04 Å². The summed E-state index contributed by atoms with van der Waals surface area (Å²) in [5.41, 5.74) is 1.53. The molecule has 0 aromatic heterocycles. The van der Waals surface area contributed by atoms with Gasteiger partial charge in [-0.3, -0.25) is 9.59 Å².